The van der Waals surface area contributed by atoms with Crippen molar-refractivity contribution >= 4 is 11.4 Å². The number of rotatable bonds is 4. The monoisotopic (exact) mass is 375 g/mol. The highest BCUT2D eigenvalue weighted by Gasteiger charge is 2.32. The lowest BCUT2D eigenvalue weighted by molar-refractivity contribution is -0.274. The third-order valence-corrected chi connectivity index (χ3v) is 3.83. The van der Waals surface area contributed by atoms with E-state index >= 15 is 0 Å². The summed E-state index contributed by atoms with van der Waals surface area (Å²) in [7, 11) is 0. The number of aromatic amines is 1. The summed E-state index contributed by atoms with van der Waals surface area (Å²) in [6, 6.07) is 14.5. The van der Waals surface area contributed by atoms with Crippen LogP contribution in [0.1, 0.15) is 18.2 Å². The van der Waals surface area contributed by atoms with Gasteiger partial charge < -0.3 is 4.74 Å². The lowest BCUT2D eigenvalue weighted by Crippen LogP contribution is -2.19. The molecule has 0 amide bonds. The van der Waals surface area contributed by atoms with Gasteiger partial charge in [0.05, 0.1) is 17.0 Å². The van der Waals surface area contributed by atoms with E-state index in [1.54, 1.807) is 44.2 Å². The fraction of sp³-hybridized carbons (Fsp3) is 0.158. The van der Waals surface area contributed by atoms with Gasteiger partial charge in [-0.3, -0.25) is 9.89 Å². The van der Waals surface area contributed by atoms with E-state index in [0.717, 1.165) is 0 Å². The summed E-state index contributed by atoms with van der Waals surface area (Å²) in [5.41, 5.74) is 1.42. The molecule has 0 atom stereocenters. The van der Waals surface area contributed by atoms with Gasteiger partial charge in [0.15, 0.2) is 5.75 Å². The largest absolute Gasteiger partial charge is 0.573 e. The molecule has 0 unspecified atom stereocenters. The van der Waals surface area contributed by atoms with E-state index < -0.39 is 12.1 Å². The second kappa shape index (κ2) is 7.14. The number of benzene rings is 2. The van der Waals surface area contributed by atoms with Gasteiger partial charge >= 0.3 is 6.36 Å². The molecule has 0 aliphatic rings. The third kappa shape index (κ3) is 4.11. The quantitative estimate of drug-likeness (QED) is 0.682. The summed E-state index contributed by atoms with van der Waals surface area (Å²) < 4.78 is 43.1. The highest BCUT2D eigenvalue weighted by molar-refractivity contribution is 6.01. The average Bonchev–Trinajstić information content (AvgIpc) is 2.90. The van der Waals surface area contributed by atoms with Crippen molar-refractivity contribution in [1.82, 2.24) is 9.78 Å². The van der Waals surface area contributed by atoms with Crippen molar-refractivity contribution < 1.29 is 17.9 Å². The zero-order valence-electron chi connectivity index (χ0n) is 14.5. The second-order valence-corrected chi connectivity index (χ2v) is 5.80. The van der Waals surface area contributed by atoms with E-state index in [1.807, 2.05) is 6.07 Å². The molecule has 3 rings (SSSR count). The molecule has 0 saturated heterocycles. The smallest absolute Gasteiger partial charge is 0.403 e. The molecule has 0 aliphatic heterocycles. The first-order valence-electron chi connectivity index (χ1n) is 8.04. The molecule has 0 aliphatic carbocycles. The maximum atomic E-state index is 12.8. The van der Waals surface area contributed by atoms with Crippen molar-refractivity contribution in [2.45, 2.75) is 20.2 Å². The van der Waals surface area contributed by atoms with Crippen molar-refractivity contribution in [2.24, 2.45) is 4.99 Å². The Morgan fingerprint density at radius 1 is 1.07 bits per heavy atom. The van der Waals surface area contributed by atoms with Crippen LogP contribution in [-0.4, -0.2) is 21.9 Å². The number of aliphatic imine (C=N–C) groups is 1. The molecule has 1 heterocycles. The normalized spacial score (nSPS) is 12.3. The number of ether oxygens (including phenoxy) is 1. The SMILES string of the molecule is CC(=Nc1ccccc1OC(F)(F)F)c1c(C)[nH]n(-c2ccccc2)c1=O. The van der Waals surface area contributed by atoms with Crippen LogP contribution in [-0.2, 0) is 0 Å². The first kappa shape index (κ1) is 18.5. The van der Waals surface area contributed by atoms with Gasteiger partial charge in [-0.2, -0.15) is 0 Å². The van der Waals surface area contributed by atoms with E-state index in [4.69, 9.17) is 0 Å². The molecule has 2 aromatic carbocycles. The van der Waals surface area contributed by atoms with E-state index in [2.05, 4.69) is 14.8 Å². The summed E-state index contributed by atoms with van der Waals surface area (Å²) >= 11 is 0. The molecule has 1 N–H and O–H groups in total. The van der Waals surface area contributed by atoms with E-state index in [0.29, 0.717) is 16.9 Å². The van der Waals surface area contributed by atoms with Crippen molar-refractivity contribution in [2.75, 3.05) is 0 Å². The molecule has 27 heavy (non-hydrogen) atoms. The Labute approximate surface area is 152 Å². The highest BCUT2D eigenvalue weighted by Crippen LogP contribution is 2.32. The Morgan fingerprint density at radius 3 is 2.37 bits per heavy atom. The van der Waals surface area contributed by atoms with Crippen LogP contribution in [0.2, 0.25) is 0 Å². The number of hydrogen-bond acceptors (Lipinski definition) is 3. The molecule has 3 aromatic rings. The summed E-state index contributed by atoms with van der Waals surface area (Å²) in [5, 5.41) is 2.96. The number of hydrogen-bond donors (Lipinski definition) is 1. The van der Waals surface area contributed by atoms with Gasteiger partial charge in [0.2, 0.25) is 0 Å². The molecule has 0 saturated carbocycles. The maximum absolute atomic E-state index is 12.8. The molecule has 1 aromatic heterocycles. The topological polar surface area (TPSA) is 59.4 Å². The van der Waals surface area contributed by atoms with Crippen molar-refractivity contribution in [3.63, 3.8) is 0 Å². The minimum Gasteiger partial charge on any atom is -0.403 e. The zero-order valence-corrected chi connectivity index (χ0v) is 14.5. The van der Waals surface area contributed by atoms with E-state index in [1.165, 1.54) is 22.9 Å². The highest BCUT2D eigenvalue weighted by atomic mass is 19.4. The number of aromatic nitrogens is 2. The number of nitrogens with one attached hydrogen (secondary N) is 1. The Bertz CT molecular complexity index is 1030. The first-order valence-corrected chi connectivity index (χ1v) is 8.04. The number of halogens is 3. The average molecular weight is 375 g/mol. The molecule has 0 spiro atoms. The van der Waals surface area contributed by atoms with Gasteiger partial charge in [0.25, 0.3) is 5.56 Å². The van der Waals surface area contributed by atoms with Crippen LogP contribution in [0.25, 0.3) is 5.69 Å². The van der Waals surface area contributed by atoms with Crippen molar-refractivity contribution in [3.8, 4) is 11.4 Å². The Hall–Kier alpha value is -3.29. The van der Waals surface area contributed by atoms with Crippen LogP contribution >= 0.6 is 0 Å². The first-order chi connectivity index (χ1) is 12.8. The van der Waals surface area contributed by atoms with Gasteiger partial charge in [-0.1, -0.05) is 30.3 Å². The molecule has 5 nitrogen and oxygen atoms in total. The minimum absolute atomic E-state index is 0.0152. The standard InChI is InChI=1S/C19H16F3N3O2/c1-12(23-15-10-6-7-11-16(15)27-19(20,21)22)17-13(2)24-25(18(17)26)14-8-4-3-5-9-14/h3-11,24H,1-2H3. The summed E-state index contributed by atoms with van der Waals surface area (Å²) in [5.74, 6) is -0.430. The van der Waals surface area contributed by atoms with Crippen LogP contribution in [0.4, 0.5) is 18.9 Å². The van der Waals surface area contributed by atoms with Gasteiger partial charge in [0.1, 0.15) is 5.69 Å². The molecule has 0 bridgehead atoms. The molecular weight excluding hydrogens is 359 g/mol. The predicted octanol–water partition coefficient (Wildman–Crippen LogP) is 4.51. The number of alkyl halides is 3. The van der Waals surface area contributed by atoms with Crippen LogP contribution in [0.3, 0.4) is 0 Å². The van der Waals surface area contributed by atoms with Gasteiger partial charge in [-0.25, -0.2) is 9.67 Å². The van der Waals surface area contributed by atoms with Crippen LogP contribution < -0.4 is 10.3 Å². The number of H-pyrrole nitrogens is 1. The van der Waals surface area contributed by atoms with E-state index in [-0.39, 0.29) is 17.0 Å². The third-order valence-electron chi connectivity index (χ3n) is 3.83. The predicted molar refractivity (Wildman–Crippen MR) is 96.1 cm³/mol. The van der Waals surface area contributed by atoms with Crippen molar-refractivity contribution in [3.05, 3.63) is 76.2 Å². The van der Waals surface area contributed by atoms with Gasteiger partial charge in [-0.05, 0) is 38.1 Å². The lowest BCUT2D eigenvalue weighted by Gasteiger charge is -2.11. The molecular formula is C19H16F3N3O2. The molecule has 8 heteroatoms. The Balaban J connectivity index is 2.04. The number of aryl methyl sites for hydroxylation is 1. The summed E-state index contributed by atoms with van der Waals surface area (Å²) in [4.78, 5) is 17.0. The second-order valence-electron chi connectivity index (χ2n) is 5.80. The molecule has 0 fully saturated rings. The van der Waals surface area contributed by atoms with Crippen LogP contribution in [0.15, 0.2) is 64.4 Å². The maximum Gasteiger partial charge on any atom is 0.573 e. The fourth-order valence-corrected chi connectivity index (χ4v) is 2.73. The summed E-state index contributed by atoms with van der Waals surface area (Å²) in [6.45, 7) is 3.27. The van der Waals surface area contributed by atoms with Crippen LogP contribution in [0, 0.1) is 6.92 Å². The fourth-order valence-electron chi connectivity index (χ4n) is 2.73. The number of nitrogens with zero attached hydrogens (tertiary/aromatic N) is 2. The zero-order chi connectivity index (χ0) is 19.6. The van der Waals surface area contributed by atoms with Gasteiger partial charge in [-0.15, -0.1) is 13.2 Å². The van der Waals surface area contributed by atoms with Crippen LogP contribution in [0.5, 0.6) is 5.75 Å². The van der Waals surface area contributed by atoms with E-state index in [9.17, 15) is 18.0 Å². The summed E-state index contributed by atoms with van der Waals surface area (Å²) in [6.07, 6.45) is -4.83. The Morgan fingerprint density at radius 2 is 1.70 bits per heavy atom. The van der Waals surface area contributed by atoms with Gasteiger partial charge in [0, 0.05) is 5.69 Å². The Kier molecular flexibility index (Phi) is 4.89. The van der Waals surface area contributed by atoms with Crippen molar-refractivity contribution in [1.29, 1.82) is 0 Å². The number of para-hydroxylation sites is 3. The lowest BCUT2D eigenvalue weighted by atomic mass is 10.1. The molecule has 0 radical (unpaired) electrons. The molecule has 140 valence electrons. The minimum atomic E-state index is -4.83.